The fourth-order valence-electron chi connectivity index (χ4n) is 2.68. The number of fused-ring (bicyclic) bond motifs is 2. The molecule has 0 aromatic heterocycles. The largest absolute Gasteiger partial charge is 0.464 e. The highest BCUT2D eigenvalue weighted by molar-refractivity contribution is 9.10. The van der Waals surface area contributed by atoms with Crippen molar-refractivity contribution in [3.8, 4) is 0 Å². The second-order valence-corrected chi connectivity index (χ2v) is 6.56. The fraction of sp³-hybridized carbons (Fsp3) is 0.429. The summed E-state index contributed by atoms with van der Waals surface area (Å²) in [7, 11) is 0. The standard InChI is InChI=1S/C14H14BrNO5/c1-13(2)20-6-14(7-21-13)9-4-3-8(15)5-10(9)16(11(14)17)12(18)19/h3-5H,6-7H2,1-2H3,(H,18,19). The van der Waals surface area contributed by atoms with E-state index in [2.05, 4.69) is 15.9 Å². The lowest BCUT2D eigenvalue weighted by Gasteiger charge is -2.40. The molecular formula is C14H14BrNO5. The molecule has 21 heavy (non-hydrogen) atoms. The summed E-state index contributed by atoms with van der Waals surface area (Å²) in [5, 5.41) is 9.35. The highest BCUT2D eigenvalue weighted by atomic mass is 79.9. The summed E-state index contributed by atoms with van der Waals surface area (Å²) in [5.41, 5.74) is -0.119. The van der Waals surface area contributed by atoms with Crippen molar-refractivity contribution in [2.45, 2.75) is 25.0 Å². The summed E-state index contributed by atoms with van der Waals surface area (Å²) in [5.74, 6) is -1.31. The number of hydrogen-bond donors (Lipinski definition) is 1. The van der Waals surface area contributed by atoms with E-state index in [0.29, 0.717) is 15.7 Å². The number of hydrogen-bond acceptors (Lipinski definition) is 4. The minimum Gasteiger partial charge on any atom is -0.464 e. The molecule has 0 aliphatic carbocycles. The molecule has 0 unspecified atom stereocenters. The number of carboxylic acid groups (broad SMARTS) is 1. The zero-order valence-corrected chi connectivity index (χ0v) is 13.1. The van der Waals surface area contributed by atoms with Gasteiger partial charge in [0.15, 0.2) is 5.79 Å². The van der Waals surface area contributed by atoms with Gasteiger partial charge in [0.2, 0.25) is 0 Å². The first kappa shape index (κ1) is 14.5. The average molecular weight is 356 g/mol. The van der Waals surface area contributed by atoms with Crippen LogP contribution in [0.15, 0.2) is 22.7 Å². The molecule has 1 fully saturated rings. The lowest BCUT2D eigenvalue weighted by Crippen LogP contribution is -2.55. The molecule has 2 heterocycles. The van der Waals surface area contributed by atoms with Crippen LogP contribution < -0.4 is 4.90 Å². The van der Waals surface area contributed by atoms with Crippen molar-refractivity contribution in [2.24, 2.45) is 0 Å². The second kappa shape index (κ2) is 4.53. The first-order chi connectivity index (χ1) is 9.77. The van der Waals surface area contributed by atoms with E-state index in [1.807, 2.05) is 0 Å². The fourth-order valence-corrected chi connectivity index (χ4v) is 3.03. The number of imide groups is 1. The molecule has 2 aliphatic heterocycles. The number of halogens is 1. The molecule has 7 heteroatoms. The number of nitrogens with zero attached hydrogens (tertiary/aromatic N) is 1. The van der Waals surface area contributed by atoms with Crippen molar-refractivity contribution in [1.82, 2.24) is 0 Å². The monoisotopic (exact) mass is 355 g/mol. The molecule has 2 amide bonds. The van der Waals surface area contributed by atoms with E-state index in [4.69, 9.17) is 9.47 Å². The number of anilines is 1. The molecule has 1 N–H and O–H groups in total. The minimum absolute atomic E-state index is 0.0945. The summed E-state index contributed by atoms with van der Waals surface area (Å²) in [6.07, 6.45) is -1.30. The second-order valence-electron chi connectivity index (χ2n) is 5.64. The molecule has 6 nitrogen and oxygen atoms in total. The van der Waals surface area contributed by atoms with Crippen LogP contribution in [0.3, 0.4) is 0 Å². The first-order valence-corrected chi connectivity index (χ1v) is 7.22. The van der Waals surface area contributed by atoms with Crippen LogP contribution in [0.1, 0.15) is 19.4 Å². The lowest BCUT2D eigenvalue weighted by atomic mass is 9.82. The summed E-state index contributed by atoms with van der Waals surface area (Å²) >= 11 is 3.30. The number of carbonyl (C=O) groups is 2. The third-order valence-corrected chi connectivity index (χ3v) is 4.35. The van der Waals surface area contributed by atoms with Crippen LogP contribution in [0.4, 0.5) is 10.5 Å². The van der Waals surface area contributed by atoms with E-state index in [1.165, 1.54) is 0 Å². The van der Waals surface area contributed by atoms with Crippen molar-refractivity contribution < 1.29 is 24.2 Å². The maximum Gasteiger partial charge on any atom is 0.418 e. The van der Waals surface area contributed by atoms with E-state index in [1.54, 1.807) is 32.0 Å². The molecule has 0 bridgehead atoms. The maximum atomic E-state index is 12.7. The molecule has 1 spiro atoms. The Morgan fingerprint density at radius 1 is 1.33 bits per heavy atom. The number of ether oxygens (including phenoxy) is 2. The summed E-state index contributed by atoms with van der Waals surface area (Å²) < 4.78 is 11.9. The van der Waals surface area contributed by atoms with Crippen LogP contribution in [0.5, 0.6) is 0 Å². The van der Waals surface area contributed by atoms with Crippen molar-refractivity contribution in [2.75, 3.05) is 18.1 Å². The van der Waals surface area contributed by atoms with Gasteiger partial charge in [-0.15, -0.1) is 0 Å². The van der Waals surface area contributed by atoms with E-state index in [0.717, 1.165) is 4.90 Å². The molecular weight excluding hydrogens is 342 g/mol. The van der Waals surface area contributed by atoms with Gasteiger partial charge in [0, 0.05) is 4.47 Å². The van der Waals surface area contributed by atoms with Crippen molar-refractivity contribution in [1.29, 1.82) is 0 Å². The molecule has 112 valence electrons. The van der Waals surface area contributed by atoms with E-state index >= 15 is 0 Å². The van der Waals surface area contributed by atoms with Gasteiger partial charge in [0.05, 0.1) is 18.9 Å². The molecule has 3 rings (SSSR count). The molecule has 1 aromatic carbocycles. The van der Waals surface area contributed by atoms with Gasteiger partial charge >= 0.3 is 6.09 Å². The van der Waals surface area contributed by atoms with Gasteiger partial charge in [-0.1, -0.05) is 22.0 Å². The first-order valence-electron chi connectivity index (χ1n) is 6.42. The van der Waals surface area contributed by atoms with Gasteiger partial charge in [-0.2, -0.15) is 0 Å². The van der Waals surface area contributed by atoms with Crippen LogP contribution in [0, 0.1) is 0 Å². The Morgan fingerprint density at radius 3 is 2.52 bits per heavy atom. The number of carbonyl (C=O) groups excluding carboxylic acids is 1. The normalized spacial score (nSPS) is 22.4. The molecule has 0 atom stereocenters. The number of benzene rings is 1. The Balaban J connectivity index is 2.12. The van der Waals surface area contributed by atoms with Gasteiger partial charge < -0.3 is 14.6 Å². The summed E-state index contributed by atoms with van der Waals surface area (Å²) in [4.78, 5) is 24.9. The predicted octanol–water partition coefficient (Wildman–Crippen LogP) is 2.49. The van der Waals surface area contributed by atoms with Crippen LogP contribution in [0.2, 0.25) is 0 Å². The van der Waals surface area contributed by atoms with Crippen molar-refractivity contribution in [3.05, 3.63) is 28.2 Å². The Hall–Kier alpha value is -1.44. The quantitative estimate of drug-likeness (QED) is 0.773. The SMILES string of the molecule is CC1(C)OCC2(CO1)C(=O)N(C(=O)O)c1cc(Br)ccc12. The zero-order valence-electron chi connectivity index (χ0n) is 11.6. The average Bonchev–Trinajstić information content (AvgIpc) is 2.62. The Morgan fingerprint density at radius 2 is 1.95 bits per heavy atom. The van der Waals surface area contributed by atoms with Crippen molar-refractivity contribution >= 4 is 33.6 Å². The summed E-state index contributed by atoms with van der Waals surface area (Å²) in [6.45, 7) is 3.71. The minimum atomic E-state index is -1.30. The highest BCUT2D eigenvalue weighted by Crippen LogP contribution is 2.46. The third-order valence-electron chi connectivity index (χ3n) is 3.85. The van der Waals surface area contributed by atoms with Gasteiger partial charge in [-0.05, 0) is 31.5 Å². The van der Waals surface area contributed by atoms with Gasteiger partial charge in [-0.3, -0.25) is 4.79 Å². The predicted molar refractivity (Wildman–Crippen MR) is 77.3 cm³/mol. The molecule has 1 saturated heterocycles. The van der Waals surface area contributed by atoms with Crippen LogP contribution >= 0.6 is 15.9 Å². The van der Waals surface area contributed by atoms with E-state index < -0.39 is 23.2 Å². The molecule has 2 aliphatic rings. The molecule has 0 saturated carbocycles. The van der Waals surface area contributed by atoms with Crippen molar-refractivity contribution in [3.63, 3.8) is 0 Å². The Bertz CT molecular complexity index is 632. The van der Waals surface area contributed by atoms with E-state index in [9.17, 15) is 14.7 Å². The molecule has 1 aromatic rings. The zero-order chi connectivity index (χ0) is 15.4. The lowest BCUT2D eigenvalue weighted by molar-refractivity contribution is -0.264. The third kappa shape index (κ3) is 2.07. The Labute approximate surface area is 129 Å². The van der Waals surface area contributed by atoms with Crippen LogP contribution in [-0.2, 0) is 19.7 Å². The Kier molecular flexibility index (Phi) is 3.12. The number of amides is 2. The topological polar surface area (TPSA) is 76.1 Å². The van der Waals surface area contributed by atoms with Gasteiger partial charge in [0.25, 0.3) is 5.91 Å². The van der Waals surface area contributed by atoms with Crippen LogP contribution in [-0.4, -0.2) is 36.1 Å². The van der Waals surface area contributed by atoms with Gasteiger partial charge in [-0.25, -0.2) is 9.69 Å². The highest BCUT2D eigenvalue weighted by Gasteiger charge is 2.56. The smallest absolute Gasteiger partial charge is 0.418 e. The number of rotatable bonds is 0. The van der Waals surface area contributed by atoms with E-state index in [-0.39, 0.29) is 13.2 Å². The van der Waals surface area contributed by atoms with Crippen LogP contribution in [0.25, 0.3) is 0 Å². The molecule has 0 radical (unpaired) electrons. The maximum absolute atomic E-state index is 12.7. The van der Waals surface area contributed by atoms with Gasteiger partial charge in [0.1, 0.15) is 5.41 Å². The summed E-state index contributed by atoms with van der Waals surface area (Å²) in [6, 6.07) is 5.14.